The lowest BCUT2D eigenvalue weighted by Crippen LogP contribution is -2.28. The van der Waals surface area contributed by atoms with Gasteiger partial charge in [-0.2, -0.15) is 0 Å². The van der Waals surface area contributed by atoms with Crippen LogP contribution in [0.15, 0.2) is 29.4 Å². The van der Waals surface area contributed by atoms with Crippen LogP contribution in [0, 0.1) is 0 Å². The van der Waals surface area contributed by atoms with Crippen LogP contribution in [-0.2, 0) is 16.2 Å². The zero-order chi connectivity index (χ0) is 14.7. The van der Waals surface area contributed by atoms with Gasteiger partial charge in [0.05, 0.1) is 5.71 Å². The van der Waals surface area contributed by atoms with Gasteiger partial charge in [0.1, 0.15) is 0 Å². The summed E-state index contributed by atoms with van der Waals surface area (Å²) >= 11 is 0. The summed E-state index contributed by atoms with van der Waals surface area (Å²) in [6.45, 7) is 5.04. The first kappa shape index (κ1) is 14.1. The molecule has 3 rings (SSSR count). The molecule has 2 aliphatic heterocycles. The van der Waals surface area contributed by atoms with Gasteiger partial charge in [-0.3, -0.25) is 9.69 Å². The first-order valence-electron chi connectivity index (χ1n) is 7.53. The maximum atomic E-state index is 12.2. The fourth-order valence-electron chi connectivity index (χ4n) is 2.81. The van der Waals surface area contributed by atoms with E-state index in [-0.39, 0.29) is 5.91 Å². The van der Waals surface area contributed by atoms with E-state index in [1.54, 1.807) is 0 Å². The molecule has 1 aromatic rings. The number of carbonyl (C=O) groups is 1. The Hall–Kier alpha value is -1.88. The lowest BCUT2D eigenvalue weighted by molar-refractivity contribution is -0.125. The van der Waals surface area contributed by atoms with Crippen molar-refractivity contribution in [2.75, 3.05) is 18.4 Å². The predicted octanol–water partition coefficient (Wildman–Crippen LogP) is 2.39. The number of anilines is 1. The Kier molecular flexibility index (Phi) is 4.20. The van der Waals surface area contributed by atoms with Crippen molar-refractivity contribution in [3.05, 3.63) is 29.8 Å². The molecular formula is C16H21N3O2. The number of oxime groups is 1. The van der Waals surface area contributed by atoms with Gasteiger partial charge in [0, 0.05) is 18.7 Å². The van der Waals surface area contributed by atoms with Gasteiger partial charge in [-0.1, -0.05) is 23.4 Å². The van der Waals surface area contributed by atoms with Gasteiger partial charge < -0.3 is 10.2 Å². The molecule has 1 aromatic carbocycles. The fourth-order valence-corrected chi connectivity index (χ4v) is 2.81. The number of para-hydroxylation sites is 1. The second-order valence-electron chi connectivity index (χ2n) is 5.75. The van der Waals surface area contributed by atoms with Gasteiger partial charge >= 0.3 is 0 Å². The van der Waals surface area contributed by atoms with Crippen molar-refractivity contribution < 1.29 is 9.63 Å². The molecule has 1 fully saturated rings. The van der Waals surface area contributed by atoms with E-state index in [0.717, 1.165) is 36.6 Å². The normalized spacial score (nSPS) is 22.0. The third kappa shape index (κ3) is 3.42. The number of benzene rings is 1. The average Bonchev–Trinajstić information content (AvgIpc) is 3.12. The third-order valence-corrected chi connectivity index (χ3v) is 3.98. The average molecular weight is 287 g/mol. The number of nitrogens with one attached hydrogen (secondary N) is 1. The molecule has 1 N–H and O–H groups in total. The maximum absolute atomic E-state index is 12.2. The molecule has 1 atom stereocenters. The molecule has 0 spiro atoms. The van der Waals surface area contributed by atoms with Crippen LogP contribution in [0.3, 0.4) is 0 Å². The number of nitrogens with zero attached hydrogens (tertiary/aromatic N) is 2. The number of amides is 1. The minimum absolute atomic E-state index is 0.121. The van der Waals surface area contributed by atoms with Crippen molar-refractivity contribution in [1.29, 1.82) is 0 Å². The van der Waals surface area contributed by atoms with Crippen LogP contribution < -0.4 is 5.32 Å². The zero-order valence-electron chi connectivity index (χ0n) is 12.3. The van der Waals surface area contributed by atoms with Crippen molar-refractivity contribution in [2.24, 2.45) is 5.16 Å². The highest BCUT2D eigenvalue weighted by Gasteiger charge is 2.26. The van der Waals surface area contributed by atoms with Crippen LogP contribution in [0.25, 0.3) is 0 Å². The highest BCUT2D eigenvalue weighted by molar-refractivity contribution is 5.99. The summed E-state index contributed by atoms with van der Waals surface area (Å²) in [4.78, 5) is 19.8. The molecule has 2 aliphatic rings. The second kappa shape index (κ2) is 6.26. The maximum Gasteiger partial charge on any atom is 0.268 e. The Balaban J connectivity index is 1.65. The SMILES string of the molecule is CC1=NOC(C(=O)Nc2ccccc2CN2CCCC2)C1. The lowest BCUT2D eigenvalue weighted by atomic mass is 10.1. The smallest absolute Gasteiger partial charge is 0.268 e. The summed E-state index contributed by atoms with van der Waals surface area (Å²) in [5, 5.41) is 6.82. The van der Waals surface area contributed by atoms with Gasteiger partial charge in [0.25, 0.3) is 5.91 Å². The van der Waals surface area contributed by atoms with Gasteiger partial charge in [-0.15, -0.1) is 0 Å². The van der Waals surface area contributed by atoms with Crippen LogP contribution in [0.5, 0.6) is 0 Å². The Bertz CT molecular complexity index is 550. The minimum atomic E-state index is -0.496. The summed E-state index contributed by atoms with van der Waals surface area (Å²) in [6.07, 6.45) is 2.60. The lowest BCUT2D eigenvalue weighted by Gasteiger charge is -2.18. The highest BCUT2D eigenvalue weighted by atomic mass is 16.6. The second-order valence-corrected chi connectivity index (χ2v) is 5.75. The van der Waals surface area contributed by atoms with Crippen LogP contribution in [0.2, 0.25) is 0 Å². The molecule has 1 amide bonds. The molecule has 112 valence electrons. The summed E-state index contributed by atoms with van der Waals surface area (Å²) in [5.41, 5.74) is 2.89. The molecule has 2 heterocycles. The van der Waals surface area contributed by atoms with E-state index in [1.165, 1.54) is 12.8 Å². The van der Waals surface area contributed by atoms with Gasteiger partial charge in [-0.05, 0) is 44.5 Å². The number of hydrogen-bond acceptors (Lipinski definition) is 4. The van der Waals surface area contributed by atoms with Crippen LogP contribution in [0.1, 0.15) is 31.7 Å². The molecule has 0 aliphatic carbocycles. The summed E-state index contributed by atoms with van der Waals surface area (Å²) in [6, 6.07) is 7.98. The van der Waals surface area contributed by atoms with Crippen molar-refractivity contribution in [3.63, 3.8) is 0 Å². The first-order chi connectivity index (χ1) is 10.2. The van der Waals surface area contributed by atoms with Crippen molar-refractivity contribution in [1.82, 2.24) is 4.90 Å². The van der Waals surface area contributed by atoms with E-state index in [2.05, 4.69) is 21.4 Å². The molecule has 5 nitrogen and oxygen atoms in total. The van der Waals surface area contributed by atoms with Crippen molar-refractivity contribution >= 4 is 17.3 Å². The minimum Gasteiger partial charge on any atom is -0.382 e. The van der Waals surface area contributed by atoms with Gasteiger partial charge in [0.15, 0.2) is 0 Å². The summed E-state index contributed by atoms with van der Waals surface area (Å²) in [5.74, 6) is -0.121. The number of rotatable bonds is 4. The zero-order valence-corrected chi connectivity index (χ0v) is 12.3. The Morgan fingerprint density at radius 2 is 2.14 bits per heavy atom. The Morgan fingerprint density at radius 3 is 2.86 bits per heavy atom. The number of carbonyl (C=O) groups excluding carboxylic acids is 1. The Labute approximate surface area is 125 Å². The van der Waals surface area contributed by atoms with Crippen LogP contribution in [0.4, 0.5) is 5.69 Å². The highest BCUT2D eigenvalue weighted by Crippen LogP contribution is 2.21. The summed E-state index contributed by atoms with van der Waals surface area (Å²) in [7, 11) is 0. The van der Waals surface area contributed by atoms with Crippen molar-refractivity contribution in [2.45, 2.75) is 38.8 Å². The van der Waals surface area contributed by atoms with Crippen LogP contribution >= 0.6 is 0 Å². The number of hydrogen-bond donors (Lipinski definition) is 1. The van der Waals surface area contributed by atoms with E-state index in [9.17, 15) is 4.79 Å². The molecule has 21 heavy (non-hydrogen) atoms. The molecule has 0 bridgehead atoms. The van der Waals surface area contributed by atoms with Crippen LogP contribution in [-0.4, -0.2) is 35.7 Å². The third-order valence-electron chi connectivity index (χ3n) is 3.98. The molecule has 5 heteroatoms. The Morgan fingerprint density at radius 1 is 1.38 bits per heavy atom. The van der Waals surface area contributed by atoms with E-state index < -0.39 is 6.10 Å². The molecule has 1 unspecified atom stereocenters. The van der Waals surface area contributed by atoms with Gasteiger partial charge in [0.2, 0.25) is 6.10 Å². The monoisotopic (exact) mass is 287 g/mol. The van der Waals surface area contributed by atoms with E-state index in [0.29, 0.717) is 6.42 Å². The molecule has 0 radical (unpaired) electrons. The standard InChI is InChI=1S/C16H21N3O2/c1-12-10-15(21-18-12)16(20)17-14-7-3-2-6-13(14)11-19-8-4-5-9-19/h2-3,6-7,15H,4-5,8-11H2,1H3,(H,17,20). The molecular weight excluding hydrogens is 266 g/mol. The quantitative estimate of drug-likeness (QED) is 0.925. The summed E-state index contributed by atoms with van der Waals surface area (Å²) < 4.78 is 0. The molecule has 0 aromatic heterocycles. The number of likely N-dealkylation sites (tertiary alicyclic amines) is 1. The fraction of sp³-hybridized carbons (Fsp3) is 0.500. The molecule has 0 saturated carbocycles. The largest absolute Gasteiger partial charge is 0.382 e. The van der Waals surface area contributed by atoms with E-state index >= 15 is 0 Å². The predicted molar refractivity (Wildman–Crippen MR) is 82.2 cm³/mol. The van der Waals surface area contributed by atoms with Crippen molar-refractivity contribution in [3.8, 4) is 0 Å². The van der Waals surface area contributed by atoms with Gasteiger partial charge in [-0.25, -0.2) is 0 Å². The molecule has 1 saturated heterocycles. The van der Waals surface area contributed by atoms with E-state index in [1.807, 2.05) is 25.1 Å². The first-order valence-corrected chi connectivity index (χ1v) is 7.53. The topological polar surface area (TPSA) is 53.9 Å². The van der Waals surface area contributed by atoms with E-state index in [4.69, 9.17) is 4.84 Å².